The number of ether oxygens (including phenoxy) is 1. The molecule has 140 valence electrons. The van der Waals surface area contributed by atoms with Crippen molar-refractivity contribution in [3.8, 4) is 0 Å². The first-order valence-electron chi connectivity index (χ1n) is 8.69. The lowest BCUT2D eigenvalue weighted by Crippen LogP contribution is -2.49. The van der Waals surface area contributed by atoms with Crippen molar-refractivity contribution in [2.45, 2.75) is 44.6 Å². The molecule has 25 heavy (non-hydrogen) atoms. The monoisotopic (exact) mass is 354 g/mol. The fraction of sp³-hybridized carbons (Fsp3) is 0.750. The van der Waals surface area contributed by atoms with Gasteiger partial charge < -0.3 is 24.2 Å². The van der Waals surface area contributed by atoms with Gasteiger partial charge in [0.1, 0.15) is 0 Å². The number of likely N-dealkylation sites (tertiary alicyclic amines) is 2. The molecule has 1 N–H and O–H groups in total. The number of rotatable bonds is 3. The highest BCUT2D eigenvalue weighted by Crippen LogP contribution is 2.28. The topological polar surface area (TPSA) is 109 Å². The van der Waals surface area contributed by atoms with Gasteiger partial charge in [0.05, 0.1) is 6.61 Å². The molecule has 3 heterocycles. The minimum Gasteiger partial charge on any atom is -0.483 e. The van der Waals surface area contributed by atoms with Gasteiger partial charge in [-0.05, 0) is 45.7 Å². The maximum atomic E-state index is 11.7. The molecular weight excluding hydrogens is 328 g/mol. The number of nitrogens with zero attached hydrogens (tertiary/aromatic N) is 4. The molecule has 0 atom stereocenters. The Morgan fingerprint density at radius 2 is 1.96 bits per heavy atom. The Balaban J connectivity index is 0.000000701. The second kappa shape index (κ2) is 9.97. The summed E-state index contributed by atoms with van der Waals surface area (Å²) in [5.74, 6) is 1.27. The van der Waals surface area contributed by atoms with E-state index in [0.717, 1.165) is 57.7 Å². The first-order valence-corrected chi connectivity index (χ1v) is 8.69. The number of hydrogen-bond donors (Lipinski definition) is 1. The van der Waals surface area contributed by atoms with Crippen molar-refractivity contribution in [3.05, 3.63) is 12.2 Å². The van der Waals surface area contributed by atoms with E-state index in [1.807, 2.05) is 11.8 Å². The van der Waals surface area contributed by atoms with Gasteiger partial charge in [-0.3, -0.25) is 4.79 Å². The number of aromatic nitrogens is 2. The maximum Gasteiger partial charge on any atom is 0.409 e. The molecule has 3 rings (SSSR count). The lowest BCUT2D eigenvalue weighted by Gasteiger charge is -2.41. The highest BCUT2D eigenvalue weighted by atomic mass is 16.6. The predicted molar refractivity (Wildman–Crippen MR) is 88.2 cm³/mol. The molecule has 9 nitrogen and oxygen atoms in total. The summed E-state index contributed by atoms with van der Waals surface area (Å²) in [6.07, 6.45) is 5.47. The predicted octanol–water partition coefficient (Wildman–Crippen LogP) is 1.57. The van der Waals surface area contributed by atoms with E-state index in [9.17, 15) is 4.79 Å². The molecule has 0 unspecified atom stereocenters. The highest BCUT2D eigenvalue weighted by Gasteiger charge is 2.31. The van der Waals surface area contributed by atoms with Crippen LogP contribution in [0.5, 0.6) is 0 Å². The third kappa shape index (κ3) is 5.42. The van der Waals surface area contributed by atoms with Gasteiger partial charge >= 0.3 is 6.09 Å². The molecule has 2 saturated heterocycles. The zero-order valence-corrected chi connectivity index (χ0v) is 14.5. The summed E-state index contributed by atoms with van der Waals surface area (Å²) in [4.78, 5) is 28.6. The Labute approximate surface area is 146 Å². The second-order valence-corrected chi connectivity index (χ2v) is 6.12. The zero-order valence-electron chi connectivity index (χ0n) is 14.5. The number of carboxylic acid groups (broad SMARTS) is 1. The molecule has 2 aliphatic rings. The average Bonchev–Trinajstić information content (AvgIpc) is 3.18. The van der Waals surface area contributed by atoms with Gasteiger partial charge in [0.2, 0.25) is 6.39 Å². The van der Waals surface area contributed by atoms with Crippen molar-refractivity contribution in [2.75, 3.05) is 32.8 Å². The molecule has 1 aromatic heterocycles. The van der Waals surface area contributed by atoms with E-state index in [0.29, 0.717) is 18.6 Å². The summed E-state index contributed by atoms with van der Waals surface area (Å²) in [5, 5.41) is 10.9. The van der Waals surface area contributed by atoms with Crippen LogP contribution in [0, 0.1) is 0 Å². The highest BCUT2D eigenvalue weighted by molar-refractivity contribution is 5.67. The number of piperidine rings is 2. The number of carbonyl (C=O) groups excluding carboxylic acids is 1. The van der Waals surface area contributed by atoms with Gasteiger partial charge in [-0.2, -0.15) is 4.98 Å². The van der Waals surface area contributed by atoms with Crippen LogP contribution in [0.1, 0.15) is 44.3 Å². The Kier molecular flexibility index (Phi) is 7.65. The van der Waals surface area contributed by atoms with Crippen molar-refractivity contribution in [3.63, 3.8) is 0 Å². The SMILES string of the molecule is CCOC(=O)N1CCC(N2CCC(c3ncon3)CC2)CC1.O=CO. The molecule has 0 saturated carbocycles. The smallest absolute Gasteiger partial charge is 0.409 e. The van der Waals surface area contributed by atoms with Gasteiger partial charge in [-0.15, -0.1) is 0 Å². The first-order chi connectivity index (χ1) is 12.2. The van der Waals surface area contributed by atoms with E-state index in [-0.39, 0.29) is 12.6 Å². The third-order valence-corrected chi connectivity index (χ3v) is 4.78. The summed E-state index contributed by atoms with van der Waals surface area (Å²) in [6, 6.07) is 0.580. The first kappa shape index (κ1) is 19.2. The van der Waals surface area contributed by atoms with Crippen molar-refractivity contribution < 1.29 is 24.0 Å². The molecule has 2 fully saturated rings. The van der Waals surface area contributed by atoms with E-state index in [1.54, 1.807) is 0 Å². The summed E-state index contributed by atoms with van der Waals surface area (Å²) < 4.78 is 9.91. The van der Waals surface area contributed by atoms with Gasteiger partial charge in [0, 0.05) is 25.0 Å². The molecule has 2 aliphatic heterocycles. The quantitative estimate of drug-likeness (QED) is 0.815. The van der Waals surface area contributed by atoms with Crippen molar-refractivity contribution in [1.82, 2.24) is 19.9 Å². The Morgan fingerprint density at radius 1 is 1.32 bits per heavy atom. The van der Waals surface area contributed by atoms with Gasteiger partial charge in [-0.25, -0.2) is 4.79 Å². The van der Waals surface area contributed by atoms with Gasteiger partial charge in [0.15, 0.2) is 5.82 Å². The van der Waals surface area contributed by atoms with Crippen LogP contribution in [-0.4, -0.2) is 76.4 Å². The molecule has 0 bridgehead atoms. The Hall–Kier alpha value is -2.16. The maximum absolute atomic E-state index is 11.7. The minimum atomic E-state index is -0.250. The van der Waals surface area contributed by atoms with Crippen LogP contribution in [0.4, 0.5) is 4.79 Å². The van der Waals surface area contributed by atoms with Crippen molar-refractivity contribution >= 4 is 12.6 Å². The van der Waals surface area contributed by atoms with E-state index >= 15 is 0 Å². The summed E-state index contributed by atoms with van der Waals surface area (Å²) >= 11 is 0. The lowest BCUT2D eigenvalue weighted by molar-refractivity contribution is -0.122. The minimum absolute atomic E-state index is 0.170. The van der Waals surface area contributed by atoms with Crippen LogP contribution in [-0.2, 0) is 9.53 Å². The Bertz CT molecular complexity index is 509. The van der Waals surface area contributed by atoms with Crippen LogP contribution < -0.4 is 0 Å². The van der Waals surface area contributed by atoms with E-state index < -0.39 is 0 Å². The molecular formula is C16H26N4O5. The number of hydrogen-bond acceptors (Lipinski definition) is 7. The second-order valence-electron chi connectivity index (χ2n) is 6.12. The summed E-state index contributed by atoms with van der Waals surface area (Å²) in [7, 11) is 0. The van der Waals surface area contributed by atoms with Crippen LogP contribution in [0.3, 0.4) is 0 Å². The van der Waals surface area contributed by atoms with Crippen molar-refractivity contribution in [1.29, 1.82) is 0 Å². The van der Waals surface area contributed by atoms with Gasteiger partial charge in [-0.1, -0.05) is 5.16 Å². The van der Waals surface area contributed by atoms with E-state index in [2.05, 4.69) is 15.0 Å². The van der Waals surface area contributed by atoms with E-state index in [4.69, 9.17) is 19.2 Å². The molecule has 0 aliphatic carbocycles. The largest absolute Gasteiger partial charge is 0.483 e. The third-order valence-electron chi connectivity index (χ3n) is 4.78. The summed E-state index contributed by atoms with van der Waals surface area (Å²) in [5.41, 5.74) is 0. The molecule has 0 spiro atoms. The van der Waals surface area contributed by atoms with Crippen LogP contribution in [0.25, 0.3) is 0 Å². The number of carbonyl (C=O) groups is 2. The normalized spacial score (nSPS) is 19.8. The van der Waals surface area contributed by atoms with Gasteiger partial charge in [0.25, 0.3) is 6.47 Å². The van der Waals surface area contributed by atoms with Crippen LogP contribution >= 0.6 is 0 Å². The fourth-order valence-corrected chi connectivity index (χ4v) is 3.51. The molecule has 1 aromatic rings. The molecule has 1 amide bonds. The van der Waals surface area contributed by atoms with Crippen molar-refractivity contribution in [2.24, 2.45) is 0 Å². The van der Waals surface area contributed by atoms with Crippen LogP contribution in [0.15, 0.2) is 10.9 Å². The standard InChI is InChI=1S/C15H24N4O3.CH2O2/c1-2-21-15(20)19-9-5-13(6-10-19)18-7-3-12(4-8-18)14-16-11-22-17-14;2-1-3/h11-13H,2-10H2,1H3;1H,(H,2,3). The molecule has 0 radical (unpaired) electrons. The average molecular weight is 354 g/mol. The Morgan fingerprint density at radius 3 is 2.48 bits per heavy atom. The fourth-order valence-electron chi connectivity index (χ4n) is 3.51. The van der Waals surface area contributed by atoms with E-state index in [1.165, 1.54) is 6.39 Å². The lowest BCUT2D eigenvalue weighted by atomic mass is 9.93. The summed E-state index contributed by atoms with van der Waals surface area (Å²) in [6.45, 7) is 5.79. The zero-order chi connectivity index (χ0) is 18.1. The molecule has 9 heteroatoms. The van der Waals surface area contributed by atoms with Crippen LogP contribution in [0.2, 0.25) is 0 Å². The number of amides is 1. The molecule has 0 aromatic carbocycles.